The molecule has 0 unspecified atom stereocenters. The van der Waals surface area contributed by atoms with E-state index in [1.807, 2.05) is 0 Å². The highest BCUT2D eigenvalue weighted by Gasteiger charge is 2.32. The number of hydrogen-bond donors (Lipinski definition) is 0. The molecule has 2 aromatic carbocycles. The summed E-state index contributed by atoms with van der Waals surface area (Å²) >= 11 is 13.1. The van der Waals surface area contributed by atoms with Crippen LogP contribution < -0.4 is 14.4 Å². The first kappa shape index (κ1) is 20.5. The quantitative estimate of drug-likeness (QED) is 0.479. The van der Waals surface area contributed by atoms with Crippen molar-refractivity contribution in [1.29, 1.82) is 0 Å². The van der Waals surface area contributed by atoms with Gasteiger partial charge < -0.3 is 14.4 Å². The molecule has 4 rings (SSSR count). The van der Waals surface area contributed by atoms with Crippen LogP contribution in [0.1, 0.15) is 12.0 Å². The van der Waals surface area contributed by atoms with Crippen LogP contribution >= 0.6 is 23.2 Å². The summed E-state index contributed by atoms with van der Waals surface area (Å²) in [5.41, 5.74) is 4.14. The minimum Gasteiger partial charge on any atom is -0.495 e. The second-order valence-electron chi connectivity index (χ2n) is 6.95. The normalized spacial score (nSPS) is 15.7. The maximum atomic E-state index is 11.4. The van der Waals surface area contributed by atoms with Crippen LogP contribution in [0, 0.1) is 10.1 Å². The van der Waals surface area contributed by atoms with Gasteiger partial charge in [-0.1, -0.05) is 35.3 Å². The maximum absolute atomic E-state index is 11.4. The van der Waals surface area contributed by atoms with Crippen molar-refractivity contribution < 1.29 is 14.4 Å². The van der Waals surface area contributed by atoms with Crippen LogP contribution in [0.2, 0.25) is 10.0 Å². The van der Waals surface area contributed by atoms with Gasteiger partial charge in [0.1, 0.15) is 21.5 Å². The average Bonchev–Trinajstić information content (AvgIpc) is 3.17. The number of benzene rings is 2. The Kier molecular flexibility index (Phi) is 5.58. The summed E-state index contributed by atoms with van der Waals surface area (Å²) in [5.74, 6) is 0.965. The Balaban J connectivity index is 1.69. The zero-order chi connectivity index (χ0) is 21.4. The van der Waals surface area contributed by atoms with Gasteiger partial charge in [-0.2, -0.15) is 0 Å². The van der Waals surface area contributed by atoms with E-state index in [-0.39, 0.29) is 10.6 Å². The highest BCUT2D eigenvalue weighted by atomic mass is 35.5. The number of nitro groups is 1. The molecule has 0 N–H and O–H groups in total. The molecule has 2 heterocycles. The number of aliphatic imine (C=N–C) groups is 1. The van der Waals surface area contributed by atoms with Crippen molar-refractivity contribution in [3.8, 4) is 11.5 Å². The molecule has 2 aromatic rings. The molecule has 0 aliphatic carbocycles. The number of halogens is 2. The van der Waals surface area contributed by atoms with Crippen molar-refractivity contribution in [2.24, 2.45) is 4.99 Å². The lowest BCUT2D eigenvalue weighted by atomic mass is 9.93. The van der Waals surface area contributed by atoms with Crippen LogP contribution in [0.3, 0.4) is 0 Å². The van der Waals surface area contributed by atoms with Gasteiger partial charge in [0.25, 0.3) is 5.69 Å². The van der Waals surface area contributed by atoms with E-state index in [9.17, 15) is 10.1 Å². The number of methoxy groups -OCH3 is 2. The molecule has 0 bridgehead atoms. The lowest BCUT2D eigenvalue weighted by Crippen LogP contribution is -2.33. The second kappa shape index (κ2) is 8.16. The van der Waals surface area contributed by atoms with E-state index in [1.165, 1.54) is 6.07 Å². The van der Waals surface area contributed by atoms with Gasteiger partial charge in [0, 0.05) is 25.2 Å². The van der Waals surface area contributed by atoms with Crippen molar-refractivity contribution in [3.05, 3.63) is 67.2 Å². The Labute approximate surface area is 183 Å². The van der Waals surface area contributed by atoms with Gasteiger partial charge in [0.2, 0.25) is 0 Å². The fraction of sp³-hybridized carbons (Fsp3) is 0.286. The van der Waals surface area contributed by atoms with Crippen LogP contribution in [0.25, 0.3) is 0 Å². The third kappa shape index (κ3) is 3.38. The molecule has 0 spiro atoms. The summed E-state index contributed by atoms with van der Waals surface area (Å²) in [6, 6.07) is 8.37. The Morgan fingerprint density at radius 2 is 1.80 bits per heavy atom. The highest BCUT2D eigenvalue weighted by molar-refractivity contribution is 6.41. The zero-order valence-electron chi connectivity index (χ0n) is 16.4. The number of hydrogen-bond acceptors (Lipinski definition) is 6. The molecule has 9 heteroatoms. The lowest BCUT2D eigenvalue weighted by molar-refractivity contribution is -0.385. The van der Waals surface area contributed by atoms with Gasteiger partial charge in [-0.15, -0.1) is 0 Å². The Morgan fingerprint density at radius 3 is 2.43 bits per heavy atom. The minimum atomic E-state index is -0.367. The van der Waals surface area contributed by atoms with Crippen LogP contribution in [0.5, 0.6) is 11.5 Å². The minimum absolute atomic E-state index is 0.0658. The molecular formula is C21H19Cl2N3O4. The molecule has 30 heavy (non-hydrogen) atoms. The van der Waals surface area contributed by atoms with E-state index in [4.69, 9.17) is 32.7 Å². The van der Waals surface area contributed by atoms with Crippen molar-refractivity contribution in [2.75, 3.05) is 38.8 Å². The first-order valence-electron chi connectivity index (χ1n) is 9.30. The fourth-order valence-electron chi connectivity index (χ4n) is 3.95. The van der Waals surface area contributed by atoms with Gasteiger partial charge in [0.05, 0.1) is 42.7 Å². The lowest BCUT2D eigenvalue weighted by Gasteiger charge is -2.32. The predicted molar refractivity (Wildman–Crippen MR) is 118 cm³/mol. The molecule has 0 saturated heterocycles. The summed E-state index contributed by atoms with van der Waals surface area (Å²) in [4.78, 5) is 17.8. The van der Waals surface area contributed by atoms with Crippen LogP contribution in [0.15, 0.2) is 46.5 Å². The average molecular weight is 448 g/mol. The van der Waals surface area contributed by atoms with Crippen molar-refractivity contribution in [2.45, 2.75) is 6.42 Å². The summed E-state index contributed by atoms with van der Waals surface area (Å²) in [6.07, 6.45) is 0.673. The number of para-hydroxylation sites is 1. The molecule has 0 fully saturated rings. The molecular weight excluding hydrogens is 429 g/mol. The fourth-order valence-corrected chi connectivity index (χ4v) is 4.69. The Morgan fingerprint density at radius 1 is 1.13 bits per heavy atom. The molecule has 0 atom stereocenters. The standard InChI is InChI=1S/C21H19Cl2N3O4/c1-29-16-9-17(30-2)19(23)21(18(16)22)25-8-7-13-12(11-25)10-24-20(13)14-5-3-4-6-15(14)26(27)28/h3-6,9H,7-8,10-11H2,1-2H3. The topological polar surface area (TPSA) is 77.2 Å². The smallest absolute Gasteiger partial charge is 0.278 e. The third-order valence-corrected chi connectivity index (χ3v) is 6.11. The number of anilines is 1. The molecule has 0 amide bonds. The van der Waals surface area contributed by atoms with Gasteiger partial charge in [-0.3, -0.25) is 15.1 Å². The monoisotopic (exact) mass is 447 g/mol. The molecule has 0 radical (unpaired) electrons. The number of ether oxygens (including phenoxy) is 2. The van der Waals surface area contributed by atoms with E-state index in [2.05, 4.69) is 9.89 Å². The van der Waals surface area contributed by atoms with Crippen LogP contribution in [0.4, 0.5) is 11.4 Å². The van der Waals surface area contributed by atoms with E-state index in [1.54, 1.807) is 38.5 Å². The molecule has 2 aliphatic rings. The molecule has 156 valence electrons. The summed E-state index contributed by atoms with van der Waals surface area (Å²) in [6.45, 7) is 1.69. The second-order valence-corrected chi connectivity index (χ2v) is 7.71. The molecule has 7 nitrogen and oxygen atoms in total. The van der Waals surface area contributed by atoms with E-state index >= 15 is 0 Å². The first-order chi connectivity index (χ1) is 14.5. The van der Waals surface area contributed by atoms with E-state index < -0.39 is 0 Å². The summed E-state index contributed by atoms with van der Waals surface area (Å²) in [7, 11) is 3.08. The highest BCUT2D eigenvalue weighted by Crippen LogP contribution is 2.47. The number of nitro benzene ring substituents is 1. The SMILES string of the molecule is COc1cc(OC)c(Cl)c(N2CCC3=C(CN=C3c3ccccc3[N+](=O)[O-])C2)c1Cl. The maximum Gasteiger partial charge on any atom is 0.278 e. The zero-order valence-corrected chi connectivity index (χ0v) is 18.0. The summed E-state index contributed by atoms with van der Waals surface area (Å²) in [5, 5.41) is 12.3. The Bertz CT molecular complexity index is 1070. The van der Waals surface area contributed by atoms with Crippen molar-refractivity contribution in [3.63, 3.8) is 0 Å². The van der Waals surface area contributed by atoms with Crippen LogP contribution in [-0.2, 0) is 0 Å². The van der Waals surface area contributed by atoms with E-state index in [0.717, 1.165) is 11.1 Å². The van der Waals surface area contributed by atoms with Crippen LogP contribution in [-0.4, -0.2) is 44.5 Å². The largest absolute Gasteiger partial charge is 0.495 e. The predicted octanol–water partition coefficient (Wildman–Crippen LogP) is 4.93. The van der Waals surface area contributed by atoms with Crippen molar-refractivity contribution >= 4 is 40.3 Å². The first-order valence-corrected chi connectivity index (χ1v) is 10.1. The van der Waals surface area contributed by atoms with Gasteiger partial charge in [-0.05, 0) is 23.6 Å². The van der Waals surface area contributed by atoms with Gasteiger partial charge >= 0.3 is 0 Å². The number of nitrogens with zero attached hydrogens (tertiary/aromatic N) is 3. The Hall–Kier alpha value is -2.77. The molecule has 2 aliphatic heterocycles. The number of rotatable bonds is 5. The molecule has 0 aromatic heterocycles. The van der Waals surface area contributed by atoms with Crippen molar-refractivity contribution in [1.82, 2.24) is 0 Å². The van der Waals surface area contributed by atoms with E-state index in [0.29, 0.717) is 64.6 Å². The molecule has 0 saturated carbocycles. The summed E-state index contributed by atoms with van der Waals surface area (Å²) < 4.78 is 10.8. The van der Waals surface area contributed by atoms with Gasteiger partial charge in [0.15, 0.2) is 0 Å². The third-order valence-electron chi connectivity index (χ3n) is 5.38. The van der Waals surface area contributed by atoms with Gasteiger partial charge in [-0.25, -0.2) is 0 Å².